The molecule has 2 heterocycles. The summed E-state index contributed by atoms with van der Waals surface area (Å²) in [5.41, 5.74) is 5.97. The number of nitrogens with zero attached hydrogens (tertiary/aromatic N) is 3. The molecule has 5 aromatic rings. The highest BCUT2D eigenvalue weighted by Gasteiger charge is 2.24. The fourth-order valence-corrected chi connectivity index (χ4v) is 5.67. The van der Waals surface area contributed by atoms with E-state index in [2.05, 4.69) is 45.5 Å². The van der Waals surface area contributed by atoms with E-state index >= 15 is 0 Å². The van der Waals surface area contributed by atoms with E-state index in [0.717, 1.165) is 54.0 Å². The third-order valence-corrected chi connectivity index (χ3v) is 7.89. The van der Waals surface area contributed by atoms with Crippen LogP contribution < -0.4 is 15.0 Å². The molecule has 0 atom stereocenters. The lowest BCUT2D eigenvalue weighted by Gasteiger charge is -2.36. The number of hydrogen-bond acceptors (Lipinski definition) is 7. The van der Waals surface area contributed by atoms with Crippen LogP contribution in [0.3, 0.4) is 0 Å². The molecule has 1 aliphatic rings. The molecule has 0 spiro atoms. The monoisotopic (exact) mass is 570 g/mol. The number of phenols is 1. The Kier molecular flexibility index (Phi) is 8.30. The maximum Gasteiger partial charge on any atom is 0.212 e. The van der Waals surface area contributed by atoms with Gasteiger partial charge in [-0.05, 0) is 35.4 Å². The molecule has 0 saturated carbocycles. The van der Waals surface area contributed by atoms with Crippen molar-refractivity contribution < 1.29 is 14.3 Å². The number of ether oxygens (including phenoxy) is 1. The number of anilines is 2. The van der Waals surface area contributed by atoms with Gasteiger partial charge in [-0.25, -0.2) is 0 Å². The van der Waals surface area contributed by atoms with E-state index in [1.165, 1.54) is 5.69 Å². The standard InChI is InChI=1S/C36H34N4O3/c1-42-32-22-26(21-29(34(32)41)25-39-17-19-40(20-18-39)30-15-9-4-10-16-30)24-38-36-31(23-37)33(27-11-5-2-6-12-27)35(43-36)28-13-7-3-8-14-28/h2-16,21-22,38,41H,17-20,24-25H2,1H3. The molecule has 1 saturated heterocycles. The molecule has 216 valence electrons. The van der Waals surface area contributed by atoms with Gasteiger partial charge in [0.2, 0.25) is 5.88 Å². The molecule has 0 aliphatic carbocycles. The Hall–Kier alpha value is -5.19. The Bertz CT molecular complexity index is 1700. The van der Waals surface area contributed by atoms with Crippen LogP contribution in [0, 0.1) is 11.3 Å². The molecular formula is C36H34N4O3. The molecule has 4 aromatic carbocycles. The van der Waals surface area contributed by atoms with E-state index in [0.29, 0.717) is 36.0 Å². The van der Waals surface area contributed by atoms with Crippen LogP contribution in [0.4, 0.5) is 11.6 Å². The summed E-state index contributed by atoms with van der Waals surface area (Å²) >= 11 is 0. The summed E-state index contributed by atoms with van der Waals surface area (Å²) in [7, 11) is 1.56. The number of nitrogens with one attached hydrogen (secondary N) is 1. The number of furan rings is 1. The Morgan fingerprint density at radius 3 is 2.12 bits per heavy atom. The van der Waals surface area contributed by atoms with Crippen LogP contribution in [-0.2, 0) is 13.1 Å². The van der Waals surface area contributed by atoms with Gasteiger partial charge in [0.25, 0.3) is 0 Å². The SMILES string of the molecule is COc1cc(CNc2oc(-c3ccccc3)c(-c3ccccc3)c2C#N)cc(CN2CCN(c3ccccc3)CC2)c1O. The van der Waals surface area contributed by atoms with Gasteiger partial charge in [0.05, 0.1) is 7.11 Å². The van der Waals surface area contributed by atoms with Crippen molar-refractivity contribution in [3.8, 4) is 40.0 Å². The molecule has 43 heavy (non-hydrogen) atoms. The second-order valence-corrected chi connectivity index (χ2v) is 10.6. The minimum absolute atomic E-state index is 0.158. The molecule has 2 N–H and O–H groups in total. The zero-order chi connectivity index (χ0) is 29.6. The molecule has 1 fully saturated rings. The molecule has 6 rings (SSSR count). The normalized spacial score (nSPS) is 13.4. The first kappa shape index (κ1) is 28.0. The summed E-state index contributed by atoms with van der Waals surface area (Å²) in [5, 5.41) is 24.6. The van der Waals surface area contributed by atoms with Gasteiger partial charge in [-0.2, -0.15) is 5.26 Å². The Morgan fingerprint density at radius 1 is 0.860 bits per heavy atom. The number of benzene rings is 4. The van der Waals surface area contributed by atoms with E-state index in [1.807, 2.05) is 78.9 Å². The zero-order valence-corrected chi connectivity index (χ0v) is 24.2. The molecule has 0 unspecified atom stereocenters. The highest BCUT2D eigenvalue weighted by Crippen LogP contribution is 2.41. The number of hydrogen-bond donors (Lipinski definition) is 2. The molecule has 1 aromatic heterocycles. The number of para-hydroxylation sites is 1. The molecule has 0 bridgehead atoms. The second kappa shape index (κ2) is 12.8. The summed E-state index contributed by atoms with van der Waals surface area (Å²) in [6.45, 7) is 4.62. The van der Waals surface area contributed by atoms with E-state index in [9.17, 15) is 10.4 Å². The number of nitriles is 1. The maximum absolute atomic E-state index is 11.0. The van der Waals surface area contributed by atoms with Crippen molar-refractivity contribution in [2.75, 3.05) is 43.5 Å². The van der Waals surface area contributed by atoms with Crippen LogP contribution in [0.1, 0.15) is 16.7 Å². The van der Waals surface area contributed by atoms with E-state index < -0.39 is 0 Å². The summed E-state index contributed by atoms with van der Waals surface area (Å²) in [6.07, 6.45) is 0. The number of methoxy groups -OCH3 is 1. The van der Waals surface area contributed by atoms with E-state index in [1.54, 1.807) is 7.11 Å². The van der Waals surface area contributed by atoms with Crippen molar-refractivity contribution in [2.45, 2.75) is 13.1 Å². The highest BCUT2D eigenvalue weighted by atomic mass is 16.5. The molecule has 1 aliphatic heterocycles. The first-order valence-corrected chi connectivity index (χ1v) is 14.5. The van der Waals surface area contributed by atoms with Crippen molar-refractivity contribution >= 4 is 11.6 Å². The fraction of sp³-hybridized carbons (Fsp3) is 0.194. The third kappa shape index (κ3) is 6.06. The molecule has 7 heteroatoms. The number of phenolic OH excluding ortho intramolecular Hbond substituents is 1. The van der Waals surface area contributed by atoms with Crippen molar-refractivity contribution in [1.82, 2.24) is 4.90 Å². The Balaban J connectivity index is 1.23. The lowest BCUT2D eigenvalue weighted by Crippen LogP contribution is -2.45. The van der Waals surface area contributed by atoms with Gasteiger partial charge in [0, 0.05) is 61.6 Å². The predicted octanol–water partition coefficient (Wildman–Crippen LogP) is 7.13. The van der Waals surface area contributed by atoms with E-state index in [4.69, 9.17) is 9.15 Å². The number of piperazine rings is 1. The van der Waals surface area contributed by atoms with Crippen LogP contribution in [0.15, 0.2) is 108 Å². The fourth-order valence-electron chi connectivity index (χ4n) is 5.67. The summed E-state index contributed by atoms with van der Waals surface area (Å²) in [6, 6.07) is 36.3. The third-order valence-electron chi connectivity index (χ3n) is 7.89. The van der Waals surface area contributed by atoms with Gasteiger partial charge in [-0.3, -0.25) is 4.90 Å². The van der Waals surface area contributed by atoms with E-state index in [-0.39, 0.29) is 5.75 Å². The van der Waals surface area contributed by atoms with Crippen molar-refractivity contribution in [3.05, 3.63) is 120 Å². The zero-order valence-electron chi connectivity index (χ0n) is 24.2. The van der Waals surface area contributed by atoms with Gasteiger partial charge in [0.1, 0.15) is 17.4 Å². The van der Waals surface area contributed by atoms with Crippen LogP contribution in [0.2, 0.25) is 0 Å². The topological polar surface area (TPSA) is 84.9 Å². The minimum Gasteiger partial charge on any atom is -0.504 e. The van der Waals surface area contributed by atoms with Crippen molar-refractivity contribution in [1.29, 1.82) is 5.26 Å². The molecule has 0 amide bonds. The molecule has 7 nitrogen and oxygen atoms in total. The lowest BCUT2D eigenvalue weighted by atomic mass is 9.98. The van der Waals surface area contributed by atoms with Crippen LogP contribution in [0.5, 0.6) is 11.5 Å². The first-order valence-electron chi connectivity index (χ1n) is 14.5. The average molecular weight is 571 g/mol. The van der Waals surface area contributed by atoms with Gasteiger partial charge >= 0.3 is 0 Å². The average Bonchev–Trinajstić information content (AvgIpc) is 3.45. The van der Waals surface area contributed by atoms with Gasteiger partial charge in [0.15, 0.2) is 11.5 Å². The summed E-state index contributed by atoms with van der Waals surface area (Å²) in [4.78, 5) is 4.74. The van der Waals surface area contributed by atoms with Crippen molar-refractivity contribution in [3.63, 3.8) is 0 Å². The largest absolute Gasteiger partial charge is 0.504 e. The van der Waals surface area contributed by atoms with Gasteiger partial charge in [-0.15, -0.1) is 0 Å². The smallest absolute Gasteiger partial charge is 0.212 e. The van der Waals surface area contributed by atoms with Gasteiger partial charge in [-0.1, -0.05) is 78.9 Å². The van der Waals surface area contributed by atoms with Crippen LogP contribution in [-0.4, -0.2) is 43.3 Å². The highest BCUT2D eigenvalue weighted by molar-refractivity contribution is 5.88. The number of aromatic hydroxyl groups is 1. The Labute approximate surface area is 252 Å². The summed E-state index contributed by atoms with van der Waals surface area (Å²) in [5.74, 6) is 1.63. The molecule has 0 radical (unpaired) electrons. The Morgan fingerprint density at radius 2 is 1.49 bits per heavy atom. The van der Waals surface area contributed by atoms with Crippen LogP contribution in [0.25, 0.3) is 22.5 Å². The predicted molar refractivity (Wildman–Crippen MR) is 170 cm³/mol. The maximum atomic E-state index is 11.0. The lowest BCUT2D eigenvalue weighted by molar-refractivity contribution is 0.245. The minimum atomic E-state index is 0.158. The summed E-state index contributed by atoms with van der Waals surface area (Å²) < 4.78 is 11.9. The number of rotatable bonds is 9. The molecular weight excluding hydrogens is 536 g/mol. The first-order chi connectivity index (χ1) is 21.1. The van der Waals surface area contributed by atoms with Crippen LogP contribution >= 0.6 is 0 Å². The second-order valence-electron chi connectivity index (χ2n) is 10.6. The van der Waals surface area contributed by atoms with Crippen molar-refractivity contribution in [2.24, 2.45) is 0 Å². The quantitative estimate of drug-likeness (QED) is 0.195. The van der Waals surface area contributed by atoms with Gasteiger partial charge < -0.3 is 24.5 Å².